The molecule has 20 heavy (non-hydrogen) atoms. The molecule has 3 aliphatic rings. The molecule has 3 atom stereocenters. The molecule has 4 heteroatoms. The van der Waals surface area contributed by atoms with E-state index in [1.807, 2.05) is 36.4 Å². The summed E-state index contributed by atoms with van der Waals surface area (Å²) in [6.07, 6.45) is 5.52. The van der Waals surface area contributed by atoms with Crippen LogP contribution in [0.25, 0.3) is 0 Å². The van der Waals surface area contributed by atoms with Crippen molar-refractivity contribution >= 4 is 12.4 Å². The molecule has 0 radical (unpaired) electrons. The lowest BCUT2D eigenvalue weighted by molar-refractivity contribution is -0.114. The van der Waals surface area contributed by atoms with Gasteiger partial charge in [-0.3, -0.25) is 0 Å². The van der Waals surface area contributed by atoms with Gasteiger partial charge in [-0.15, -0.1) is 0 Å². The number of piperidine rings is 1. The smallest absolute Gasteiger partial charge is 0.410 e. The van der Waals surface area contributed by atoms with Crippen LogP contribution in [-0.2, 0) is 16.1 Å². The maximum atomic E-state index is 12.2. The van der Waals surface area contributed by atoms with Gasteiger partial charge < -0.3 is 14.4 Å². The van der Waals surface area contributed by atoms with Crippen LogP contribution in [0.3, 0.4) is 0 Å². The van der Waals surface area contributed by atoms with Crippen LogP contribution in [0, 0.1) is 11.8 Å². The minimum absolute atomic E-state index is 0.0944. The SMILES string of the molecule is O=CC1CC2C=CC1N(C(=O)OCc1ccccc1)C2. The summed E-state index contributed by atoms with van der Waals surface area (Å²) in [5.41, 5.74) is 0.963. The van der Waals surface area contributed by atoms with E-state index in [0.29, 0.717) is 6.54 Å². The fourth-order valence-corrected chi connectivity index (χ4v) is 2.96. The minimum atomic E-state index is -0.334. The molecule has 0 aromatic heterocycles. The van der Waals surface area contributed by atoms with Gasteiger partial charge in [0.05, 0.1) is 6.04 Å². The normalized spacial score (nSPS) is 27.4. The first-order chi connectivity index (χ1) is 9.78. The van der Waals surface area contributed by atoms with Crippen LogP contribution in [0.2, 0.25) is 0 Å². The van der Waals surface area contributed by atoms with Crippen LogP contribution in [0.4, 0.5) is 4.79 Å². The van der Waals surface area contributed by atoms with Gasteiger partial charge in [0, 0.05) is 12.5 Å². The van der Waals surface area contributed by atoms with Crippen LogP contribution in [0.15, 0.2) is 42.5 Å². The number of hydrogen-bond donors (Lipinski definition) is 0. The van der Waals surface area contributed by atoms with E-state index < -0.39 is 0 Å². The van der Waals surface area contributed by atoms with Crippen molar-refractivity contribution < 1.29 is 14.3 Å². The summed E-state index contributed by atoms with van der Waals surface area (Å²) >= 11 is 0. The summed E-state index contributed by atoms with van der Waals surface area (Å²) < 4.78 is 5.35. The number of hydrogen-bond acceptors (Lipinski definition) is 3. The third-order valence-electron chi connectivity index (χ3n) is 4.00. The van der Waals surface area contributed by atoms with Gasteiger partial charge in [0.15, 0.2) is 0 Å². The Bertz CT molecular complexity index is 526. The summed E-state index contributed by atoms with van der Waals surface area (Å²) in [5.74, 6) is 0.183. The van der Waals surface area contributed by atoms with E-state index in [1.165, 1.54) is 0 Å². The van der Waals surface area contributed by atoms with Crippen LogP contribution < -0.4 is 0 Å². The number of rotatable bonds is 3. The van der Waals surface area contributed by atoms with Crippen molar-refractivity contribution in [3.8, 4) is 0 Å². The summed E-state index contributed by atoms with van der Waals surface area (Å²) in [7, 11) is 0. The van der Waals surface area contributed by atoms with Crippen molar-refractivity contribution in [1.82, 2.24) is 4.90 Å². The van der Waals surface area contributed by atoms with Gasteiger partial charge in [-0.1, -0.05) is 42.5 Å². The molecule has 1 aromatic carbocycles. The van der Waals surface area contributed by atoms with Crippen molar-refractivity contribution in [2.75, 3.05) is 6.54 Å². The van der Waals surface area contributed by atoms with E-state index in [0.717, 1.165) is 18.3 Å². The van der Waals surface area contributed by atoms with E-state index in [2.05, 4.69) is 6.08 Å². The lowest BCUT2D eigenvalue weighted by atomic mass is 9.78. The fourth-order valence-electron chi connectivity index (χ4n) is 2.96. The first-order valence-electron chi connectivity index (χ1n) is 6.89. The highest BCUT2D eigenvalue weighted by atomic mass is 16.6. The molecule has 2 aliphatic heterocycles. The highest BCUT2D eigenvalue weighted by Gasteiger charge is 2.40. The molecule has 0 N–H and O–H groups in total. The Labute approximate surface area is 118 Å². The quantitative estimate of drug-likeness (QED) is 0.626. The van der Waals surface area contributed by atoms with E-state index >= 15 is 0 Å². The Morgan fingerprint density at radius 2 is 2.10 bits per heavy atom. The maximum absolute atomic E-state index is 12.2. The molecular weight excluding hydrogens is 254 g/mol. The summed E-state index contributed by atoms with van der Waals surface area (Å²) in [5, 5.41) is 0. The maximum Gasteiger partial charge on any atom is 0.410 e. The lowest BCUT2D eigenvalue weighted by Gasteiger charge is -2.43. The van der Waals surface area contributed by atoms with E-state index in [-0.39, 0.29) is 30.6 Å². The van der Waals surface area contributed by atoms with Crippen LogP contribution in [0.1, 0.15) is 12.0 Å². The molecule has 2 heterocycles. The Morgan fingerprint density at radius 1 is 1.30 bits per heavy atom. The highest BCUT2D eigenvalue weighted by molar-refractivity contribution is 5.71. The second-order valence-electron chi connectivity index (χ2n) is 5.36. The van der Waals surface area contributed by atoms with Crippen LogP contribution in [-0.4, -0.2) is 29.9 Å². The second-order valence-corrected chi connectivity index (χ2v) is 5.36. The molecular formula is C16H17NO3. The molecule has 4 rings (SSSR count). The van der Waals surface area contributed by atoms with Crippen molar-refractivity contribution in [3.05, 3.63) is 48.0 Å². The number of carbonyl (C=O) groups is 2. The van der Waals surface area contributed by atoms with E-state index in [1.54, 1.807) is 4.90 Å². The van der Waals surface area contributed by atoms with Gasteiger partial charge >= 0.3 is 6.09 Å². The van der Waals surface area contributed by atoms with Gasteiger partial charge in [-0.05, 0) is 17.9 Å². The van der Waals surface area contributed by atoms with Gasteiger partial charge in [0.2, 0.25) is 0 Å². The number of benzene rings is 1. The van der Waals surface area contributed by atoms with Crippen molar-refractivity contribution in [2.45, 2.75) is 19.1 Å². The van der Waals surface area contributed by atoms with Gasteiger partial charge in [0.1, 0.15) is 12.9 Å². The fraction of sp³-hybridized carbons (Fsp3) is 0.375. The zero-order chi connectivity index (χ0) is 13.9. The zero-order valence-electron chi connectivity index (χ0n) is 11.1. The minimum Gasteiger partial charge on any atom is -0.445 e. The lowest BCUT2D eigenvalue weighted by Crippen LogP contribution is -2.53. The summed E-state index contributed by atoms with van der Waals surface area (Å²) in [6, 6.07) is 9.46. The summed E-state index contributed by atoms with van der Waals surface area (Å²) in [4.78, 5) is 24.9. The average Bonchev–Trinajstić information content (AvgIpc) is 2.53. The first kappa shape index (κ1) is 12.9. The van der Waals surface area contributed by atoms with E-state index in [9.17, 15) is 9.59 Å². The Morgan fingerprint density at radius 3 is 2.80 bits per heavy atom. The van der Waals surface area contributed by atoms with Crippen molar-refractivity contribution in [2.24, 2.45) is 11.8 Å². The number of fused-ring (bicyclic) bond motifs is 2. The van der Waals surface area contributed by atoms with Crippen LogP contribution in [0.5, 0.6) is 0 Å². The Balaban J connectivity index is 1.63. The molecule has 1 aliphatic carbocycles. The second kappa shape index (κ2) is 5.49. The van der Waals surface area contributed by atoms with Gasteiger partial charge in [0.25, 0.3) is 0 Å². The number of nitrogens with zero attached hydrogens (tertiary/aromatic N) is 1. The predicted octanol–water partition coefficient (Wildman–Crippen LogP) is 2.40. The Hall–Kier alpha value is -2.10. The van der Waals surface area contributed by atoms with Crippen molar-refractivity contribution in [1.29, 1.82) is 0 Å². The molecule has 3 unspecified atom stereocenters. The molecule has 1 aromatic rings. The molecule has 2 bridgehead atoms. The third kappa shape index (κ3) is 2.46. The Kier molecular flexibility index (Phi) is 3.54. The number of ether oxygens (including phenoxy) is 1. The molecule has 1 saturated heterocycles. The third-order valence-corrected chi connectivity index (χ3v) is 4.00. The van der Waals surface area contributed by atoms with Crippen LogP contribution >= 0.6 is 0 Å². The molecule has 0 spiro atoms. The average molecular weight is 271 g/mol. The molecule has 104 valence electrons. The molecule has 1 fully saturated rings. The highest BCUT2D eigenvalue weighted by Crippen LogP contribution is 2.33. The largest absolute Gasteiger partial charge is 0.445 e. The first-order valence-corrected chi connectivity index (χ1v) is 6.89. The molecule has 1 amide bonds. The number of amides is 1. The molecule has 0 saturated carbocycles. The van der Waals surface area contributed by atoms with Gasteiger partial charge in [-0.25, -0.2) is 4.79 Å². The monoisotopic (exact) mass is 271 g/mol. The summed E-state index contributed by atoms with van der Waals surface area (Å²) in [6.45, 7) is 0.919. The number of carbonyl (C=O) groups excluding carboxylic acids is 2. The van der Waals surface area contributed by atoms with Gasteiger partial charge in [-0.2, -0.15) is 0 Å². The standard InChI is InChI=1S/C16H17NO3/c18-10-14-8-13-6-7-15(14)17(9-13)16(19)20-11-12-4-2-1-3-5-12/h1-7,10,13-15H,8-9,11H2. The topological polar surface area (TPSA) is 46.6 Å². The predicted molar refractivity (Wildman–Crippen MR) is 73.9 cm³/mol. The van der Waals surface area contributed by atoms with E-state index in [4.69, 9.17) is 4.74 Å². The number of aldehydes is 1. The van der Waals surface area contributed by atoms with Crippen molar-refractivity contribution in [3.63, 3.8) is 0 Å². The molecule has 4 nitrogen and oxygen atoms in total. The zero-order valence-corrected chi connectivity index (χ0v) is 11.1.